The summed E-state index contributed by atoms with van der Waals surface area (Å²) in [5, 5.41) is 16.2. The fourth-order valence-corrected chi connectivity index (χ4v) is 3.32. The first-order valence-electron chi connectivity index (χ1n) is 6.58. The molecule has 0 aromatic carbocycles. The van der Waals surface area contributed by atoms with Crippen LogP contribution in [0.2, 0.25) is 0 Å². The van der Waals surface area contributed by atoms with Crippen LogP contribution in [0.25, 0.3) is 0 Å². The van der Waals surface area contributed by atoms with Crippen LogP contribution < -0.4 is 5.32 Å². The van der Waals surface area contributed by atoms with Crippen molar-refractivity contribution in [3.05, 3.63) is 0 Å². The van der Waals surface area contributed by atoms with Gasteiger partial charge in [-0.25, -0.2) is 0 Å². The monoisotopic (exact) mass is 220 g/mol. The average Bonchev–Trinajstić information content (AvgIpc) is 2.51. The Hall–Kier alpha value is -0.770. The summed E-state index contributed by atoms with van der Waals surface area (Å²) in [6, 6.07) is 0. The maximum Gasteiger partial charge on any atom is 0.134 e. The van der Waals surface area contributed by atoms with E-state index in [0.29, 0.717) is 0 Å². The molecule has 0 radical (unpaired) electrons. The lowest BCUT2D eigenvalue weighted by molar-refractivity contribution is 0.292. The van der Waals surface area contributed by atoms with Gasteiger partial charge in [0.2, 0.25) is 0 Å². The fourth-order valence-electron chi connectivity index (χ4n) is 3.32. The number of hydrogen-bond donors (Lipinski definition) is 1. The van der Waals surface area contributed by atoms with Gasteiger partial charge in [-0.15, -0.1) is 10.2 Å². The molecule has 2 atom stereocenters. The molecule has 88 valence electrons. The van der Waals surface area contributed by atoms with Gasteiger partial charge in [-0.2, -0.15) is 0 Å². The Morgan fingerprint density at radius 1 is 0.875 bits per heavy atom. The standard InChI is InChI=1S/C12H20N4/c1-2-4-6-11-8-9-12(14-11,7-5-3-1)15-16-13-10-11/h10,14H,1-9H2. The zero-order valence-corrected chi connectivity index (χ0v) is 9.78. The van der Waals surface area contributed by atoms with Crippen LogP contribution in [0.1, 0.15) is 57.8 Å². The SMILES string of the molecule is C1=NN=NC23CCCCCCCC1(CC2)N3. The van der Waals surface area contributed by atoms with Crippen LogP contribution in [-0.4, -0.2) is 17.4 Å². The molecule has 3 aliphatic heterocycles. The first kappa shape index (κ1) is 10.4. The Morgan fingerprint density at radius 3 is 2.62 bits per heavy atom. The number of nitrogens with one attached hydrogen (secondary N) is 1. The molecule has 3 heterocycles. The lowest BCUT2D eigenvalue weighted by Crippen LogP contribution is -2.50. The van der Waals surface area contributed by atoms with E-state index in [4.69, 9.17) is 0 Å². The number of rotatable bonds is 0. The molecule has 2 bridgehead atoms. The normalized spacial score (nSPS) is 43.0. The van der Waals surface area contributed by atoms with Gasteiger partial charge in [-0.3, -0.25) is 5.32 Å². The average molecular weight is 220 g/mol. The second kappa shape index (κ2) is 3.91. The predicted molar refractivity (Wildman–Crippen MR) is 63.5 cm³/mol. The molecule has 16 heavy (non-hydrogen) atoms. The number of nitrogens with zero attached hydrogens (tertiary/aromatic N) is 3. The van der Waals surface area contributed by atoms with Crippen LogP contribution in [0, 0.1) is 0 Å². The fraction of sp³-hybridized carbons (Fsp3) is 0.917. The molecule has 2 fully saturated rings. The highest BCUT2D eigenvalue weighted by Gasteiger charge is 2.47. The lowest BCUT2D eigenvalue weighted by atomic mass is 9.91. The van der Waals surface area contributed by atoms with Gasteiger partial charge in [0.1, 0.15) is 5.66 Å². The Labute approximate surface area is 96.6 Å². The highest BCUT2D eigenvalue weighted by Crippen LogP contribution is 2.40. The molecule has 3 rings (SSSR count). The lowest BCUT2D eigenvalue weighted by Gasteiger charge is -2.30. The molecule has 0 aromatic heterocycles. The Balaban J connectivity index is 1.88. The zero-order valence-electron chi connectivity index (χ0n) is 9.78. The van der Waals surface area contributed by atoms with Crippen molar-refractivity contribution in [3.8, 4) is 0 Å². The van der Waals surface area contributed by atoms with Gasteiger partial charge >= 0.3 is 0 Å². The van der Waals surface area contributed by atoms with Crippen LogP contribution in [-0.2, 0) is 0 Å². The van der Waals surface area contributed by atoms with Crippen molar-refractivity contribution in [1.82, 2.24) is 5.32 Å². The second-order valence-electron chi connectivity index (χ2n) is 5.51. The second-order valence-corrected chi connectivity index (χ2v) is 5.51. The first-order valence-corrected chi connectivity index (χ1v) is 6.58. The highest BCUT2D eigenvalue weighted by molar-refractivity contribution is 5.71. The molecule has 1 N–H and O–H groups in total. The van der Waals surface area contributed by atoms with Crippen LogP contribution >= 0.6 is 0 Å². The van der Waals surface area contributed by atoms with Crippen LogP contribution in [0.4, 0.5) is 0 Å². The summed E-state index contributed by atoms with van der Waals surface area (Å²) in [5.74, 6) is 0. The molecule has 4 nitrogen and oxygen atoms in total. The van der Waals surface area contributed by atoms with Gasteiger partial charge in [0.05, 0.1) is 5.54 Å². The Kier molecular flexibility index (Phi) is 2.54. The third kappa shape index (κ3) is 1.79. The van der Waals surface area contributed by atoms with Crippen LogP contribution in [0.5, 0.6) is 0 Å². The van der Waals surface area contributed by atoms with Gasteiger partial charge in [-0.1, -0.05) is 25.7 Å². The molecule has 0 aliphatic carbocycles. The van der Waals surface area contributed by atoms with Gasteiger partial charge in [-0.05, 0) is 37.3 Å². The van der Waals surface area contributed by atoms with E-state index in [0.717, 1.165) is 12.8 Å². The van der Waals surface area contributed by atoms with Crippen molar-refractivity contribution in [2.24, 2.45) is 15.4 Å². The van der Waals surface area contributed by atoms with E-state index in [-0.39, 0.29) is 11.2 Å². The van der Waals surface area contributed by atoms with E-state index < -0.39 is 0 Å². The van der Waals surface area contributed by atoms with Gasteiger partial charge in [0, 0.05) is 6.21 Å². The van der Waals surface area contributed by atoms with Gasteiger partial charge in [0.25, 0.3) is 0 Å². The third-order valence-electron chi connectivity index (χ3n) is 4.27. The summed E-state index contributed by atoms with van der Waals surface area (Å²) in [6.45, 7) is 0. The number of hydrogen-bond acceptors (Lipinski definition) is 4. The summed E-state index contributed by atoms with van der Waals surface area (Å²) >= 11 is 0. The third-order valence-corrected chi connectivity index (χ3v) is 4.27. The molecule has 0 spiro atoms. The van der Waals surface area contributed by atoms with Crippen LogP contribution in [0.3, 0.4) is 0 Å². The van der Waals surface area contributed by atoms with Gasteiger partial charge < -0.3 is 0 Å². The topological polar surface area (TPSA) is 49.1 Å². The van der Waals surface area contributed by atoms with Crippen molar-refractivity contribution in [2.45, 2.75) is 69.0 Å². The molecular weight excluding hydrogens is 200 g/mol. The minimum Gasteiger partial charge on any atom is -0.281 e. The molecule has 2 saturated heterocycles. The van der Waals surface area contributed by atoms with Crippen molar-refractivity contribution in [3.63, 3.8) is 0 Å². The molecule has 0 saturated carbocycles. The highest BCUT2D eigenvalue weighted by atomic mass is 15.4. The largest absolute Gasteiger partial charge is 0.281 e. The molecule has 3 aliphatic rings. The summed E-state index contributed by atoms with van der Waals surface area (Å²) in [4.78, 5) is 0. The van der Waals surface area contributed by atoms with E-state index in [1.165, 1.54) is 44.9 Å². The molecule has 0 aromatic rings. The van der Waals surface area contributed by atoms with Crippen molar-refractivity contribution >= 4 is 6.21 Å². The minimum absolute atomic E-state index is 0.0894. The predicted octanol–water partition coefficient (Wildman–Crippen LogP) is 3.00. The summed E-state index contributed by atoms with van der Waals surface area (Å²) in [7, 11) is 0. The maximum absolute atomic E-state index is 4.42. The Bertz CT molecular complexity index is 295. The zero-order chi connectivity index (χ0) is 10.9. The summed E-state index contributed by atoms with van der Waals surface area (Å²) in [6.07, 6.45) is 13.3. The van der Waals surface area contributed by atoms with E-state index in [9.17, 15) is 0 Å². The van der Waals surface area contributed by atoms with E-state index >= 15 is 0 Å². The molecule has 2 unspecified atom stereocenters. The van der Waals surface area contributed by atoms with Gasteiger partial charge in [0.15, 0.2) is 0 Å². The van der Waals surface area contributed by atoms with E-state index in [1.807, 2.05) is 6.21 Å². The molecule has 0 amide bonds. The Morgan fingerprint density at radius 2 is 1.69 bits per heavy atom. The summed E-state index contributed by atoms with van der Waals surface area (Å²) in [5.41, 5.74) is 0.00861. The smallest absolute Gasteiger partial charge is 0.134 e. The first-order chi connectivity index (χ1) is 7.83. The maximum atomic E-state index is 4.42. The molecule has 4 heteroatoms. The van der Waals surface area contributed by atoms with Crippen molar-refractivity contribution < 1.29 is 0 Å². The van der Waals surface area contributed by atoms with Crippen LogP contribution in [0.15, 0.2) is 15.4 Å². The molecular formula is C12H20N4. The van der Waals surface area contributed by atoms with E-state index in [2.05, 4.69) is 20.8 Å². The minimum atomic E-state index is -0.0894. The van der Waals surface area contributed by atoms with Crippen molar-refractivity contribution in [1.29, 1.82) is 0 Å². The summed E-state index contributed by atoms with van der Waals surface area (Å²) < 4.78 is 0. The van der Waals surface area contributed by atoms with Crippen molar-refractivity contribution in [2.75, 3.05) is 0 Å². The quantitative estimate of drug-likeness (QED) is 0.670. The van der Waals surface area contributed by atoms with E-state index in [1.54, 1.807) is 0 Å².